The second kappa shape index (κ2) is 4.09. The Morgan fingerprint density at radius 3 is 2.81 bits per heavy atom. The van der Waals surface area contributed by atoms with E-state index in [9.17, 15) is 4.79 Å². The van der Waals surface area contributed by atoms with Crippen molar-refractivity contribution in [2.45, 2.75) is 13.8 Å². The van der Waals surface area contributed by atoms with E-state index < -0.39 is 0 Å². The molecule has 0 radical (unpaired) electrons. The molecule has 2 aromatic heterocycles. The number of hydrogen-bond donors (Lipinski definition) is 2. The van der Waals surface area contributed by atoms with Crippen molar-refractivity contribution in [2.24, 2.45) is 0 Å². The maximum Gasteiger partial charge on any atom is 0.278 e. The standard InChI is InChI=1S/C10H11N5O/c1-6-5-8(3-4-11-6)12-10(16)9-7(2)13-15-14-9/h3-5H,1-2H3,(H,11,12,16)(H,13,14,15). The molecule has 2 N–H and O–H groups in total. The van der Waals surface area contributed by atoms with Gasteiger partial charge < -0.3 is 5.32 Å². The molecule has 2 heterocycles. The highest BCUT2D eigenvalue weighted by atomic mass is 16.2. The molecular formula is C10H11N5O. The van der Waals surface area contributed by atoms with Crippen LogP contribution in [0.3, 0.4) is 0 Å². The highest BCUT2D eigenvalue weighted by molar-refractivity contribution is 6.03. The van der Waals surface area contributed by atoms with Gasteiger partial charge in [-0.25, -0.2) is 0 Å². The lowest BCUT2D eigenvalue weighted by Gasteiger charge is -2.03. The van der Waals surface area contributed by atoms with Crippen molar-refractivity contribution in [3.8, 4) is 0 Å². The summed E-state index contributed by atoms with van der Waals surface area (Å²) in [6.45, 7) is 3.58. The van der Waals surface area contributed by atoms with Gasteiger partial charge in [0.15, 0.2) is 5.69 Å². The van der Waals surface area contributed by atoms with Crippen molar-refractivity contribution >= 4 is 11.6 Å². The van der Waals surface area contributed by atoms with E-state index in [0.717, 1.165) is 5.69 Å². The molecule has 0 aromatic carbocycles. The van der Waals surface area contributed by atoms with Crippen molar-refractivity contribution in [1.82, 2.24) is 20.4 Å². The van der Waals surface area contributed by atoms with Crippen molar-refractivity contribution in [3.05, 3.63) is 35.4 Å². The van der Waals surface area contributed by atoms with Crippen LogP contribution in [0.15, 0.2) is 18.3 Å². The van der Waals surface area contributed by atoms with Crippen LogP contribution in [0, 0.1) is 13.8 Å². The van der Waals surface area contributed by atoms with Gasteiger partial charge in [0.2, 0.25) is 0 Å². The van der Waals surface area contributed by atoms with Crippen LogP contribution >= 0.6 is 0 Å². The van der Waals surface area contributed by atoms with Gasteiger partial charge in [-0.1, -0.05) is 0 Å². The zero-order valence-electron chi connectivity index (χ0n) is 8.98. The van der Waals surface area contributed by atoms with Crippen LogP contribution in [-0.4, -0.2) is 26.3 Å². The van der Waals surface area contributed by atoms with E-state index >= 15 is 0 Å². The summed E-state index contributed by atoms with van der Waals surface area (Å²) in [6, 6.07) is 3.51. The molecule has 0 atom stereocenters. The molecule has 82 valence electrons. The Bertz CT molecular complexity index is 519. The first-order valence-corrected chi connectivity index (χ1v) is 4.78. The Morgan fingerprint density at radius 1 is 1.38 bits per heavy atom. The fourth-order valence-electron chi connectivity index (χ4n) is 1.31. The molecule has 1 amide bonds. The monoisotopic (exact) mass is 217 g/mol. The Hall–Kier alpha value is -2.24. The predicted octanol–water partition coefficient (Wildman–Crippen LogP) is 1.07. The summed E-state index contributed by atoms with van der Waals surface area (Å²) in [7, 11) is 0. The second-order valence-corrected chi connectivity index (χ2v) is 3.40. The summed E-state index contributed by atoms with van der Waals surface area (Å²) in [4.78, 5) is 15.8. The minimum Gasteiger partial charge on any atom is -0.320 e. The van der Waals surface area contributed by atoms with E-state index in [1.807, 2.05) is 6.92 Å². The Kier molecular flexibility index (Phi) is 2.63. The van der Waals surface area contributed by atoms with Gasteiger partial charge in [0.25, 0.3) is 5.91 Å². The lowest BCUT2D eigenvalue weighted by molar-refractivity contribution is 0.102. The third kappa shape index (κ3) is 2.05. The van der Waals surface area contributed by atoms with E-state index in [-0.39, 0.29) is 5.91 Å². The fourth-order valence-corrected chi connectivity index (χ4v) is 1.31. The average molecular weight is 217 g/mol. The molecule has 0 bridgehead atoms. The number of H-pyrrole nitrogens is 1. The van der Waals surface area contributed by atoms with Crippen molar-refractivity contribution in [3.63, 3.8) is 0 Å². The first-order valence-electron chi connectivity index (χ1n) is 4.78. The molecule has 0 aliphatic rings. The smallest absolute Gasteiger partial charge is 0.278 e. The van der Waals surface area contributed by atoms with E-state index in [1.54, 1.807) is 25.3 Å². The van der Waals surface area contributed by atoms with Gasteiger partial charge in [0.1, 0.15) is 0 Å². The molecule has 0 unspecified atom stereocenters. The van der Waals surface area contributed by atoms with Crippen LogP contribution in [-0.2, 0) is 0 Å². The number of anilines is 1. The van der Waals surface area contributed by atoms with Gasteiger partial charge in [-0.2, -0.15) is 15.4 Å². The zero-order valence-corrected chi connectivity index (χ0v) is 8.98. The molecule has 0 aliphatic carbocycles. The number of amides is 1. The molecule has 6 heteroatoms. The van der Waals surface area contributed by atoms with Crippen LogP contribution in [0.5, 0.6) is 0 Å². The van der Waals surface area contributed by atoms with Crippen LogP contribution in [0.1, 0.15) is 21.9 Å². The third-order valence-corrected chi connectivity index (χ3v) is 2.09. The molecule has 16 heavy (non-hydrogen) atoms. The van der Waals surface area contributed by atoms with Gasteiger partial charge in [-0.15, -0.1) is 0 Å². The lowest BCUT2D eigenvalue weighted by atomic mass is 10.3. The van der Waals surface area contributed by atoms with Gasteiger partial charge in [0.05, 0.1) is 5.69 Å². The van der Waals surface area contributed by atoms with Crippen molar-refractivity contribution < 1.29 is 4.79 Å². The number of carbonyl (C=O) groups is 1. The topological polar surface area (TPSA) is 83.6 Å². The molecule has 0 aliphatic heterocycles. The van der Waals surface area contributed by atoms with Crippen molar-refractivity contribution in [1.29, 1.82) is 0 Å². The highest BCUT2D eigenvalue weighted by Crippen LogP contribution is 2.09. The van der Waals surface area contributed by atoms with E-state index in [4.69, 9.17) is 0 Å². The number of aromatic amines is 1. The van der Waals surface area contributed by atoms with Crippen molar-refractivity contribution in [2.75, 3.05) is 5.32 Å². The third-order valence-electron chi connectivity index (χ3n) is 2.09. The molecule has 0 fully saturated rings. The molecule has 0 saturated heterocycles. The summed E-state index contributed by atoms with van der Waals surface area (Å²) >= 11 is 0. The SMILES string of the molecule is Cc1cc(NC(=O)c2n[nH]nc2C)ccn1. The number of hydrogen-bond acceptors (Lipinski definition) is 4. The number of aromatic nitrogens is 4. The van der Waals surface area contributed by atoms with E-state index in [0.29, 0.717) is 17.1 Å². The van der Waals surface area contributed by atoms with E-state index in [1.165, 1.54) is 0 Å². The zero-order chi connectivity index (χ0) is 11.5. The Labute approximate surface area is 92.1 Å². The second-order valence-electron chi connectivity index (χ2n) is 3.40. The fraction of sp³-hybridized carbons (Fsp3) is 0.200. The van der Waals surface area contributed by atoms with Gasteiger partial charge >= 0.3 is 0 Å². The first kappa shape index (κ1) is 10.3. The number of carbonyl (C=O) groups excluding carboxylic acids is 1. The van der Waals surface area contributed by atoms with Gasteiger partial charge in [-0.3, -0.25) is 9.78 Å². The van der Waals surface area contributed by atoms with Crippen LogP contribution in [0.2, 0.25) is 0 Å². The van der Waals surface area contributed by atoms with Gasteiger partial charge in [-0.05, 0) is 26.0 Å². The minimum absolute atomic E-state index is 0.281. The maximum absolute atomic E-state index is 11.8. The largest absolute Gasteiger partial charge is 0.320 e. The highest BCUT2D eigenvalue weighted by Gasteiger charge is 2.13. The number of nitrogens with zero attached hydrogens (tertiary/aromatic N) is 3. The summed E-state index contributed by atoms with van der Waals surface area (Å²) in [5, 5.41) is 12.7. The normalized spacial score (nSPS) is 10.1. The predicted molar refractivity (Wildman–Crippen MR) is 58.0 cm³/mol. The van der Waals surface area contributed by atoms with E-state index in [2.05, 4.69) is 25.7 Å². The molecule has 2 rings (SSSR count). The lowest BCUT2D eigenvalue weighted by Crippen LogP contribution is -2.13. The van der Waals surface area contributed by atoms with Crippen LogP contribution < -0.4 is 5.32 Å². The summed E-state index contributed by atoms with van der Waals surface area (Å²) < 4.78 is 0. The Morgan fingerprint density at radius 2 is 2.19 bits per heavy atom. The number of nitrogens with one attached hydrogen (secondary N) is 2. The van der Waals surface area contributed by atoms with Crippen LogP contribution in [0.4, 0.5) is 5.69 Å². The Balaban J connectivity index is 2.17. The first-order chi connectivity index (χ1) is 7.66. The molecule has 0 saturated carbocycles. The minimum atomic E-state index is -0.281. The molecular weight excluding hydrogens is 206 g/mol. The summed E-state index contributed by atoms with van der Waals surface area (Å²) in [5.41, 5.74) is 2.41. The molecule has 2 aromatic rings. The molecule has 0 spiro atoms. The maximum atomic E-state index is 11.8. The number of aryl methyl sites for hydroxylation is 2. The number of pyridine rings is 1. The molecule has 6 nitrogen and oxygen atoms in total. The van der Waals surface area contributed by atoms with Gasteiger partial charge in [0, 0.05) is 17.6 Å². The van der Waals surface area contributed by atoms with Crippen LogP contribution in [0.25, 0.3) is 0 Å². The summed E-state index contributed by atoms with van der Waals surface area (Å²) in [5.74, 6) is -0.281. The summed E-state index contributed by atoms with van der Waals surface area (Å²) in [6.07, 6.45) is 1.64. The quantitative estimate of drug-likeness (QED) is 0.788. The number of rotatable bonds is 2. The average Bonchev–Trinajstić information content (AvgIpc) is 2.64.